The lowest BCUT2D eigenvalue weighted by Gasteiger charge is -2.23. The minimum atomic E-state index is -0.296. The molecular formula is C18H15FN2O3. The standard InChI is InChI=1S/C18H15FN2O3/c1-22-15-7-4-12-8-13(10-23-16(12)9-15)18-20-17(21-24-18)11-2-5-14(19)6-3-11/h2-7,9,13H,8,10H2,1H3. The van der Waals surface area contributed by atoms with E-state index in [0.29, 0.717) is 23.9 Å². The van der Waals surface area contributed by atoms with Crippen LogP contribution in [-0.4, -0.2) is 23.9 Å². The lowest BCUT2D eigenvalue weighted by Crippen LogP contribution is -2.19. The molecule has 0 aliphatic carbocycles. The quantitative estimate of drug-likeness (QED) is 0.736. The first kappa shape index (κ1) is 14.7. The number of hydrogen-bond donors (Lipinski definition) is 0. The van der Waals surface area contributed by atoms with E-state index in [4.69, 9.17) is 14.0 Å². The van der Waals surface area contributed by atoms with Crippen LogP contribution in [0, 0.1) is 5.82 Å². The van der Waals surface area contributed by atoms with Crippen molar-refractivity contribution in [2.75, 3.05) is 13.7 Å². The van der Waals surface area contributed by atoms with E-state index >= 15 is 0 Å². The number of fused-ring (bicyclic) bond motifs is 1. The van der Waals surface area contributed by atoms with E-state index in [1.165, 1.54) is 12.1 Å². The first-order chi connectivity index (χ1) is 11.7. The number of aromatic nitrogens is 2. The largest absolute Gasteiger partial charge is 0.497 e. The third-order valence-corrected chi connectivity index (χ3v) is 4.07. The van der Waals surface area contributed by atoms with E-state index in [2.05, 4.69) is 10.1 Å². The number of nitrogens with zero attached hydrogens (tertiary/aromatic N) is 2. The van der Waals surface area contributed by atoms with Crippen LogP contribution in [0.3, 0.4) is 0 Å². The molecule has 24 heavy (non-hydrogen) atoms. The van der Waals surface area contributed by atoms with Gasteiger partial charge in [0.25, 0.3) is 0 Å². The molecule has 0 spiro atoms. The molecule has 0 saturated heterocycles. The van der Waals surface area contributed by atoms with Crippen LogP contribution >= 0.6 is 0 Å². The summed E-state index contributed by atoms with van der Waals surface area (Å²) in [7, 11) is 1.63. The fraction of sp³-hybridized carbons (Fsp3) is 0.222. The van der Waals surface area contributed by atoms with Crippen molar-refractivity contribution in [2.24, 2.45) is 0 Å². The summed E-state index contributed by atoms with van der Waals surface area (Å²) >= 11 is 0. The molecule has 2 aromatic carbocycles. The van der Waals surface area contributed by atoms with Gasteiger partial charge in [0.05, 0.1) is 13.0 Å². The van der Waals surface area contributed by atoms with E-state index in [-0.39, 0.29) is 11.7 Å². The van der Waals surface area contributed by atoms with Crippen LogP contribution in [-0.2, 0) is 6.42 Å². The van der Waals surface area contributed by atoms with Crippen molar-refractivity contribution < 1.29 is 18.4 Å². The summed E-state index contributed by atoms with van der Waals surface area (Å²) in [5.74, 6) is 2.26. The Labute approximate surface area is 138 Å². The molecule has 5 nitrogen and oxygen atoms in total. The molecule has 1 aliphatic rings. The van der Waals surface area contributed by atoms with Gasteiger partial charge in [0.1, 0.15) is 23.9 Å². The molecule has 3 aromatic rings. The van der Waals surface area contributed by atoms with Gasteiger partial charge < -0.3 is 14.0 Å². The van der Waals surface area contributed by atoms with Crippen molar-refractivity contribution in [3.05, 3.63) is 59.7 Å². The average molecular weight is 326 g/mol. The summed E-state index contributed by atoms with van der Waals surface area (Å²) in [6, 6.07) is 11.8. The molecule has 1 unspecified atom stereocenters. The van der Waals surface area contributed by atoms with Crippen LogP contribution < -0.4 is 9.47 Å². The fourth-order valence-corrected chi connectivity index (χ4v) is 2.76. The molecule has 0 radical (unpaired) electrons. The Morgan fingerprint density at radius 2 is 2.00 bits per heavy atom. The van der Waals surface area contributed by atoms with Crippen molar-refractivity contribution in [3.63, 3.8) is 0 Å². The van der Waals surface area contributed by atoms with E-state index in [1.54, 1.807) is 19.2 Å². The zero-order chi connectivity index (χ0) is 16.5. The van der Waals surface area contributed by atoms with Crippen molar-refractivity contribution in [2.45, 2.75) is 12.3 Å². The second-order valence-electron chi connectivity index (χ2n) is 5.65. The van der Waals surface area contributed by atoms with Crippen LogP contribution in [0.15, 0.2) is 47.0 Å². The molecule has 2 heterocycles. The van der Waals surface area contributed by atoms with E-state index < -0.39 is 0 Å². The highest BCUT2D eigenvalue weighted by atomic mass is 19.1. The Morgan fingerprint density at radius 3 is 2.79 bits per heavy atom. The second-order valence-corrected chi connectivity index (χ2v) is 5.65. The Morgan fingerprint density at radius 1 is 1.17 bits per heavy atom. The van der Waals surface area contributed by atoms with Gasteiger partial charge in [0.2, 0.25) is 11.7 Å². The van der Waals surface area contributed by atoms with E-state index in [1.807, 2.05) is 18.2 Å². The molecule has 1 aliphatic heterocycles. The number of halogens is 1. The number of ether oxygens (including phenoxy) is 2. The third-order valence-electron chi connectivity index (χ3n) is 4.07. The van der Waals surface area contributed by atoms with Gasteiger partial charge in [-0.05, 0) is 42.3 Å². The van der Waals surface area contributed by atoms with Crippen LogP contribution in [0.5, 0.6) is 11.5 Å². The first-order valence-corrected chi connectivity index (χ1v) is 7.62. The molecule has 122 valence electrons. The third kappa shape index (κ3) is 2.71. The van der Waals surface area contributed by atoms with Crippen molar-refractivity contribution in [3.8, 4) is 22.9 Å². The molecule has 6 heteroatoms. The van der Waals surface area contributed by atoms with Crippen LogP contribution in [0.4, 0.5) is 4.39 Å². The van der Waals surface area contributed by atoms with E-state index in [0.717, 1.165) is 23.5 Å². The maximum absolute atomic E-state index is 13.0. The maximum Gasteiger partial charge on any atom is 0.233 e. The molecule has 0 saturated carbocycles. The molecular weight excluding hydrogens is 311 g/mol. The predicted molar refractivity (Wildman–Crippen MR) is 84.6 cm³/mol. The summed E-state index contributed by atoms with van der Waals surface area (Å²) in [5, 5.41) is 3.99. The van der Waals surface area contributed by atoms with Gasteiger partial charge in [-0.15, -0.1) is 0 Å². The molecule has 0 amide bonds. The van der Waals surface area contributed by atoms with Gasteiger partial charge in [-0.1, -0.05) is 11.2 Å². The summed E-state index contributed by atoms with van der Waals surface area (Å²) in [4.78, 5) is 4.44. The molecule has 1 atom stereocenters. The normalized spacial score (nSPS) is 16.3. The maximum atomic E-state index is 13.0. The van der Waals surface area contributed by atoms with E-state index in [9.17, 15) is 4.39 Å². The lowest BCUT2D eigenvalue weighted by molar-refractivity contribution is 0.229. The van der Waals surface area contributed by atoms with Gasteiger partial charge in [-0.25, -0.2) is 4.39 Å². The Kier molecular flexibility index (Phi) is 3.65. The number of benzene rings is 2. The minimum Gasteiger partial charge on any atom is -0.497 e. The predicted octanol–water partition coefficient (Wildman–Crippen LogP) is 3.60. The van der Waals surface area contributed by atoms with Crippen molar-refractivity contribution in [1.82, 2.24) is 10.1 Å². The summed E-state index contributed by atoms with van der Waals surface area (Å²) < 4.78 is 29.4. The summed E-state index contributed by atoms with van der Waals surface area (Å²) in [6.45, 7) is 0.464. The molecule has 0 bridgehead atoms. The smallest absolute Gasteiger partial charge is 0.233 e. The fourth-order valence-electron chi connectivity index (χ4n) is 2.76. The Hall–Kier alpha value is -2.89. The number of rotatable bonds is 3. The van der Waals surface area contributed by atoms with Crippen molar-refractivity contribution in [1.29, 1.82) is 0 Å². The molecule has 0 fully saturated rings. The Bertz CT molecular complexity index is 861. The van der Waals surface area contributed by atoms with Crippen LogP contribution in [0.25, 0.3) is 11.4 Å². The molecule has 0 N–H and O–H groups in total. The number of hydrogen-bond acceptors (Lipinski definition) is 5. The minimum absolute atomic E-state index is 0.00686. The monoisotopic (exact) mass is 326 g/mol. The van der Waals surface area contributed by atoms with Crippen molar-refractivity contribution >= 4 is 0 Å². The molecule has 1 aromatic heterocycles. The second kappa shape index (κ2) is 5.96. The number of methoxy groups -OCH3 is 1. The van der Waals surface area contributed by atoms with Gasteiger partial charge >= 0.3 is 0 Å². The van der Waals surface area contributed by atoms with Gasteiger partial charge in [-0.3, -0.25) is 0 Å². The molecule has 4 rings (SSSR count). The highest BCUT2D eigenvalue weighted by molar-refractivity contribution is 5.54. The Balaban J connectivity index is 1.56. The average Bonchev–Trinajstić information content (AvgIpc) is 3.11. The lowest BCUT2D eigenvalue weighted by atomic mass is 9.96. The highest BCUT2D eigenvalue weighted by Gasteiger charge is 2.26. The SMILES string of the molecule is COc1ccc2c(c1)OCC(c1nc(-c3ccc(F)cc3)no1)C2. The zero-order valence-corrected chi connectivity index (χ0v) is 13.0. The van der Waals surface area contributed by atoms with Gasteiger partial charge in [0.15, 0.2) is 0 Å². The zero-order valence-electron chi connectivity index (χ0n) is 13.0. The summed E-state index contributed by atoms with van der Waals surface area (Å²) in [5.41, 5.74) is 1.79. The van der Waals surface area contributed by atoms with Gasteiger partial charge in [0, 0.05) is 11.6 Å². The summed E-state index contributed by atoms with van der Waals surface area (Å²) in [6.07, 6.45) is 0.754. The van der Waals surface area contributed by atoms with Crippen LogP contribution in [0.2, 0.25) is 0 Å². The highest BCUT2D eigenvalue weighted by Crippen LogP contribution is 2.34. The first-order valence-electron chi connectivity index (χ1n) is 7.62. The van der Waals surface area contributed by atoms with Crippen LogP contribution in [0.1, 0.15) is 17.4 Å². The topological polar surface area (TPSA) is 57.4 Å². The van der Waals surface area contributed by atoms with Gasteiger partial charge in [-0.2, -0.15) is 4.98 Å².